The van der Waals surface area contributed by atoms with E-state index in [9.17, 15) is 9.59 Å². The minimum Gasteiger partial charge on any atom is -0.369 e. The zero-order valence-electron chi connectivity index (χ0n) is 9.59. The molecule has 0 aliphatic carbocycles. The molecule has 3 rings (SSSR count). The van der Waals surface area contributed by atoms with Crippen LogP contribution in [-0.4, -0.2) is 28.3 Å². The van der Waals surface area contributed by atoms with E-state index in [0.29, 0.717) is 12.5 Å². The number of hydrogen-bond donors (Lipinski definition) is 2. The van der Waals surface area contributed by atoms with E-state index in [1.165, 1.54) is 4.90 Å². The van der Waals surface area contributed by atoms with Crippen LogP contribution in [0.3, 0.4) is 0 Å². The lowest BCUT2D eigenvalue weighted by Gasteiger charge is -2.11. The normalized spacial score (nSPS) is 19.7. The molecule has 18 heavy (non-hydrogen) atoms. The molecule has 1 fully saturated rings. The number of nitrogens with zero attached hydrogens (tertiary/aromatic N) is 2. The van der Waals surface area contributed by atoms with Gasteiger partial charge in [-0.05, 0) is 12.1 Å². The first-order chi connectivity index (χ1) is 8.65. The van der Waals surface area contributed by atoms with Crippen molar-refractivity contribution < 1.29 is 9.59 Å². The van der Waals surface area contributed by atoms with Gasteiger partial charge in [0.05, 0.1) is 17.0 Å². The molecule has 1 aromatic heterocycles. The highest BCUT2D eigenvalue weighted by atomic mass is 16.2. The average molecular weight is 244 g/mol. The molecule has 0 saturated carbocycles. The van der Waals surface area contributed by atoms with Gasteiger partial charge in [-0.1, -0.05) is 12.1 Å². The van der Waals surface area contributed by atoms with Gasteiger partial charge in [0.15, 0.2) is 0 Å². The Labute approximate surface area is 103 Å². The third-order valence-corrected chi connectivity index (χ3v) is 3.16. The van der Waals surface area contributed by atoms with Crippen molar-refractivity contribution in [2.75, 3.05) is 11.4 Å². The second-order valence-electron chi connectivity index (χ2n) is 4.39. The number of hydrogen-bond acceptors (Lipinski definition) is 3. The van der Waals surface area contributed by atoms with Gasteiger partial charge in [0.25, 0.3) is 0 Å². The molecule has 6 nitrogen and oxygen atoms in total. The zero-order valence-corrected chi connectivity index (χ0v) is 9.59. The van der Waals surface area contributed by atoms with Gasteiger partial charge in [-0.2, -0.15) is 0 Å². The summed E-state index contributed by atoms with van der Waals surface area (Å²) < 4.78 is 0. The Kier molecular flexibility index (Phi) is 2.29. The predicted molar refractivity (Wildman–Crippen MR) is 65.7 cm³/mol. The number of anilines is 1. The molecule has 3 N–H and O–H groups in total. The van der Waals surface area contributed by atoms with E-state index in [2.05, 4.69) is 9.97 Å². The summed E-state index contributed by atoms with van der Waals surface area (Å²) >= 11 is 0. The molecule has 1 aliphatic rings. The average Bonchev–Trinajstić information content (AvgIpc) is 2.91. The van der Waals surface area contributed by atoms with Crippen molar-refractivity contribution in [3.8, 4) is 0 Å². The molecule has 1 unspecified atom stereocenters. The number of para-hydroxylation sites is 2. The number of rotatable bonds is 2. The summed E-state index contributed by atoms with van der Waals surface area (Å²) in [6.07, 6.45) is 0.159. The van der Waals surface area contributed by atoms with Gasteiger partial charge < -0.3 is 10.7 Å². The molecule has 1 saturated heterocycles. The predicted octanol–water partition coefficient (Wildman–Crippen LogP) is 0.401. The monoisotopic (exact) mass is 244 g/mol. The van der Waals surface area contributed by atoms with Crippen LogP contribution in [0.4, 0.5) is 5.95 Å². The van der Waals surface area contributed by atoms with Crippen molar-refractivity contribution in [2.24, 2.45) is 11.7 Å². The third-order valence-electron chi connectivity index (χ3n) is 3.16. The molecular weight excluding hydrogens is 232 g/mol. The number of carbonyl (C=O) groups is 2. The summed E-state index contributed by atoms with van der Waals surface area (Å²) in [6, 6.07) is 7.52. The second kappa shape index (κ2) is 3.83. The fourth-order valence-corrected chi connectivity index (χ4v) is 2.17. The largest absolute Gasteiger partial charge is 0.369 e. The summed E-state index contributed by atoms with van der Waals surface area (Å²) in [7, 11) is 0. The van der Waals surface area contributed by atoms with Gasteiger partial charge >= 0.3 is 0 Å². The van der Waals surface area contributed by atoms with Crippen molar-refractivity contribution >= 4 is 28.8 Å². The fourth-order valence-electron chi connectivity index (χ4n) is 2.17. The second-order valence-corrected chi connectivity index (χ2v) is 4.39. The summed E-state index contributed by atoms with van der Waals surface area (Å²) in [5, 5.41) is 0. The molecule has 1 atom stereocenters. The van der Waals surface area contributed by atoms with Gasteiger partial charge in [-0.15, -0.1) is 0 Å². The maximum atomic E-state index is 11.8. The quantitative estimate of drug-likeness (QED) is 0.801. The number of nitrogens with one attached hydrogen (secondary N) is 1. The van der Waals surface area contributed by atoms with Gasteiger partial charge in [-0.3, -0.25) is 14.5 Å². The first-order valence-corrected chi connectivity index (χ1v) is 5.69. The maximum Gasteiger partial charge on any atom is 0.230 e. The van der Waals surface area contributed by atoms with E-state index < -0.39 is 11.8 Å². The van der Waals surface area contributed by atoms with Crippen molar-refractivity contribution in [3.05, 3.63) is 24.3 Å². The zero-order chi connectivity index (χ0) is 12.7. The highest BCUT2D eigenvalue weighted by Gasteiger charge is 2.35. The van der Waals surface area contributed by atoms with E-state index in [1.54, 1.807) is 0 Å². The number of nitrogens with two attached hydrogens (primary N) is 1. The number of primary amides is 1. The lowest BCUT2D eigenvalue weighted by molar-refractivity contribution is -0.123. The highest BCUT2D eigenvalue weighted by molar-refractivity contribution is 5.99. The van der Waals surface area contributed by atoms with Gasteiger partial charge in [0, 0.05) is 13.0 Å². The van der Waals surface area contributed by atoms with E-state index in [-0.39, 0.29) is 12.3 Å². The number of aromatic nitrogens is 2. The van der Waals surface area contributed by atoms with E-state index >= 15 is 0 Å². The summed E-state index contributed by atoms with van der Waals surface area (Å²) in [6.45, 7) is 0.300. The number of amides is 2. The lowest BCUT2D eigenvalue weighted by atomic mass is 10.1. The minimum absolute atomic E-state index is 0.127. The van der Waals surface area contributed by atoms with Crippen molar-refractivity contribution in [1.82, 2.24) is 9.97 Å². The number of fused-ring (bicyclic) bond motifs is 1. The third kappa shape index (κ3) is 1.62. The SMILES string of the molecule is NC(=O)C1CC(=O)N(c2nc3ccccc3[nH]2)C1. The molecule has 0 bridgehead atoms. The van der Waals surface area contributed by atoms with Crippen LogP contribution >= 0.6 is 0 Å². The Hall–Kier alpha value is -2.37. The minimum atomic E-state index is -0.443. The molecule has 2 amide bonds. The number of H-pyrrole nitrogens is 1. The van der Waals surface area contributed by atoms with Crippen LogP contribution in [0.15, 0.2) is 24.3 Å². The topological polar surface area (TPSA) is 92.1 Å². The van der Waals surface area contributed by atoms with Gasteiger partial charge in [0.1, 0.15) is 0 Å². The molecule has 1 aliphatic heterocycles. The standard InChI is InChI=1S/C12H12N4O2/c13-11(18)7-5-10(17)16(6-7)12-14-8-3-1-2-4-9(8)15-12/h1-4,7H,5-6H2,(H2,13,18)(H,14,15). The van der Waals surface area contributed by atoms with Crippen LogP contribution < -0.4 is 10.6 Å². The Balaban J connectivity index is 1.95. The summed E-state index contributed by atoms with van der Waals surface area (Å²) in [4.78, 5) is 31.8. The summed E-state index contributed by atoms with van der Waals surface area (Å²) in [5.74, 6) is -0.518. The van der Waals surface area contributed by atoms with Crippen LogP contribution in [0.25, 0.3) is 11.0 Å². The number of benzene rings is 1. The number of carbonyl (C=O) groups excluding carboxylic acids is 2. The van der Waals surface area contributed by atoms with E-state index in [0.717, 1.165) is 11.0 Å². The van der Waals surface area contributed by atoms with Crippen LogP contribution in [0.2, 0.25) is 0 Å². The van der Waals surface area contributed by atoms with Crippen molar-refractivity contribution in [3.63, 3.8) is 0 Å². The van der Waals surface area contributed by atoms with Crippen molar-refractivity contribution in [2.45, 2.75) is 6.42 Å². The molecule has 2 aromatic rings. The van der Waals surface area contributed by atoms with Gasteiger partial charge in [-0.25, -0.2) is 4.98 Å². The number of imidazole rings is 1. The smallest absolute Gasteiger partial charge is 0.230 e. The summed E-state index contributed by atoms with van der Waals surface area (Å²) in [5.41, 5.74) is 6.88. The highest BCUT2D eigenvalue weighted by Crippen LogP contribution is 2.24. The van der Waals surface area contributed by atoms with E-state index in [4.69, 9.17) is 5.73 Å². The molecule has 6 heteroatoms. The van der Waals surface area contributed by atoms with E-state index in [1.807, 2.05) is 24.3 Å². The first-order valence-electron chi connectivity index (χ1n) is 5.69. The molecule has 0 radical (unpaired) electrons. The molecule has 1 aromatic carbocycles. The molecular formula is C12H12N4O2. The molecule has 92 valence electrons. The van der Waals surface area contributed by atoms with Crippen molar-refractivity contribution in [1.29, 1.82) is 0 Å². The Morgan fingerprint density at radius 2 is 2.22 bits per heavy atom. The van der Waals surface area contributed by atoms with Crippen LogP contribution in [0.5, 0.6) is 0 Å². The number of aromatic amines is 1. The van der Waals surface area contributed by atoms with Crippen LogP contribution in [-0.2, 0) is 9.59 Å². The fraction of sp³-hybridized carbons (Fsp3) is 0.250. The van der Waals surface area contributed by atoms with Crippen LogP contribution in [0.1, 0.15) is 6.42 Å². The molecule has 2 heterocycles. The molecule has 0 spiro atoms. The maximum absolute atomic E-state index is 11.8. The first kappa shape index (κ1) is 10.8. The Morgan fingerprint density at radius 1 is 1.44 bits per heavy atom. The lowest BCUT2D eigenvalue weighted by Crippen LogP contribution is -2.29. The van der Waals surface area contributed by atoms with Crippen LogP contribution in [0, 0.1) is 5.92 Å². The van der Waals surface area contributed by atoms with Gasteiger partial charge in [0.2, 0.25) is 17.8 Å². The Bertz CT molecular complexity index is 601. The Morgan fingerprint density at radius 3 is 2.89 bits per heavy atom.